The van der Waals surface area contributed by atoms with Crippen LogP contribution in [0.1, 0.15) is 15.9 Å². The highest BCUT2D eigenvalue weighted by atomic mass is 19.1. The zero-order valence-corrected chi connectivity index (χ0v) is 15.0. The number of rotatable bonds is 6. The molecule has 2 aromatic carbocycles. The molecular weight excluding hydrogens is 331 g/mol. The molecule has 1 aliphatic heterocycles. The Balaban J connectivity index is 1.53. The van der Waals surface area contributed by atoms with Gasteiger partial charge < -0.3 is 20.9 Å². The second-order valence-corrected chi connectivity index (χ2v) is 6.48. The summed E-state index contributed by atoms with van der Waals surface area (Å²) < 4.78 is 12.9. The summed E-state index contributed by atoms with van der Waals surface area (Å²) in [6.45, 7) is 6.91. The van der Waals surface area contributed by atoms with E-state index in [-0.39, 0.29) is 11.7 Å². The van der Waals surface area contributed by atoms with Crippen LogP contribution in [-0.2, 0) is 0 Å². The minimum atomic E-state index is -0.261. The fourth-order valence-corrected chi connectivity index (χ4v) is 3.05. The predicted molar refractivity (Wildman–Crippen MR) is 103 cm³/mol. The van der Waals surface area contributed by atoms with Crippen molar-refractivity contribution in [3.8, 4) is 0 Å². The number of nitrogens with zero attached hydrogens (tertiary/aromatic N) is 1. The largest absolute Gasteiger partial charge is 0.383 e. The first-order valence-electron chi connectivity index (χ1n) is 8.97. The summed E-state index contributed by atoms with van der Waals surface area (Å²) in [7, 11) is 0. The third-order valence-electron chi connectivity index (χ3n) is 4.39. The molecule has 1 amide bonds. The molecule has 0 atom stereocenters. The molecule has 138 valence electrons. The highest BCUT2D eigenvalue weighted by Gasteiger charge is 2.13. The average molecular weight is 356 g/mol. The quantitative estimate of drug-likeness (QED) is 0.696. The van der Waals surface area contributed by atoms with Gasteiger partial charge in [-0.2, -0.15) is 0 Å². The molecule has 0 aliphatic carbocycles. The van der Waals surface area contributed by atoms with Gasteiger partial charge in [0, 0.05) is 56.2 Å². The fraction of sp³-hybridized carbons (Fsp3) is 0.350. The van der Waals surface area contributed by atoms with Crippen LogP contribution in [0, 0.1) is 12.7 Å². The van der Waals surface area contributed by atoms with E-state index < -0.39 is 0 Å². The van der Waals surface area contributed by atoms with Gasteiger partial charge in [0.1, 0.15) is 5.82 Å². The summed E-state index contributed by atoms with van der Waals surface area (Å²) in [5.74, 6) is -0.338. The molecule has 3 rings (SSSR count). The van der Waals surface area contributed by atoms with E-state index in [4.69, 9.17) is 0 Å². The van der Waals surface area contributed by atoms with Crippen LogP contribution >= 0.6 is 0 Å². The number of amides is 1. The molecule has 0 bridgehead atoms. The molecule has 3 N–H and O–H groups in total. The van der Waals surface area contributed by atoms with Crippen molar-refractivity contribution in [2.45, 2.75) is 6.92 Å². The SMILES string of the molecule is Cc1cc(C(=O)NCCNc2ccc(F)cc2)cc(N2CCNCC2)c1. The Hall–Kier alpha value is -2.60. The number of carbonyl (C=O) groups is 1. The highest BCUT2D eigenvalue weighted by Crippen LogP contribution is 2.19. The molecule has 1 heterocycles. The maximum Gasteiger partial charge on any atom is 0.251 e. The Morgan fingerprint density at radius 2 is 1.85 bits per heavy atom. The van der Waals surface area contributed by atoms with Gasteiger partial charge in [-0.3, -0.25) is 4.79 Å². The van der Waals surface area contributed by atoms with Gasteiger partial charge in [-0.05, 0) is 55.0 Å². The van der Waals surface area contributed by atoms with Gasteiger partial charge >= 0.3 is 0 Å². The molecule has 1 aliphatic rings. The normalized spacial score (nSPS) is 14.2. The van der Waals surface area contributed by atoms with Crippen molar-refractivity contribution in [2.75, 3.05) is 49.5 Å². The lowest BCUT2D eigenvalue weighted by Crippen LogP contribution is -2.43. The average Bonchev–Trinajstić information content (AvgIpc) is 2.66. The van der Waals surface area contributed by atoms with Crippen molar-refractivity contribution in [3.05, 3.63) is 59.4 Å². The third-order valence-corrected chi connectivity index (χ3v) is 4.39. The molecule has 0 saturated carbocycles. The predicted octanol–water partition coefficient (Wildman–Crippen LogP) is 2.39. The zero-order chi connectivity index (χ0) is 18.4. The molecule has 2 aromatic rings. The molecule has 1 saturated heterocycles. The van der Waals surface area contributed by atoms with Crippen LogP contribution in [0.4, 0.5) is 15.8 Å². The molecule has 0 unspecified atom stereocenters. The summed E-state index contributed by atoms with van der Waals surface area (Å²) in [5.41, 5.74) is 3.69. The van der Waals surface area contributed by atoms with E-state index in [2.05, 4.69) is 26.9 Å². The van der Waals surface area contributed by atoms with E-state index in [1.54, 1.807) is 12.1 Å². The molecule has 5 nitrogen and oxygen atoms in total. The number of piperazine rings is 1. The van der Waals surface area contributed by atoms with Crippen LogP contribution in [0.25, 0.3) is 0 Å². The standard InChI is InChI=1S/C20H25FN4O/c1-15-12-16(14-19(13-15)25-10-8-22-9-11-25)20(26)24-7-6-23-18-4-2-17(21)3-5-18/h2-5,12-14,22-23H,6-11H2,1H3,(H,24,26). The molecule has 26 heavy (non-hydrogen) atoms. The second-order valence-electron chi connectivity index (χ2n) is 6.48. The Kier molecular flexibility index (Phi) is 6.07. The monoisotopic (exact) mass is 356 g/mol. The van der Waals surface area contributed by atoms with Crippen molar-refractivity contribution in [1.82, 2.24) is 10.6 Å². The molecule has 6 heteroatoms. The first kappa shape index (κ1) is 18.2. The number of anilines is 2. The van der Waals surface area contributed by atoms with Crippen LogP contribution in [0.2, 0.25) is 0 Å². The first-order chi connectivity index (χ1) is 12.6. The minimum absolute atomic E-state index is 0.0778. The van der Waals surface area contributed by atoms with Crippen molar-refractivity contribution in [3.63, 3.8) is 0 Å². The van der Waals surface area contributed by atoms with Gasteiger partial charge in [0.2, 0.25) is 0 Å². The van der Waals surface area contributed by atoms with E-state index in [1.165, 1.54) is 12.1 Å². The van der Waals surface area contributed by atoms with Crippen molar-refractivity contribution in [1.29, 1.82) is 0 Å². The Labute approximate surface area is 153 Å². The van der Waals surface area contributed by atoms with Gasteiger partial charge in [0.25, 0.3) is 5.91 Å². The number of aryl methyl sites for hydroxylation is 1. The lowest BCUT2D eigenvalue weighted by atomic mass is 10.1. The fourth-order valence-electron chi connectivity index (χ4n) is 3.05. The van der Waals surface area contributed by atoms with Gasteiger partial charge in [-0.1, -0.05) is 0 Å². The number of halogens is 1. The second kappa shape index (κ2) is 8.67. The molecule has 1 fully saturated rings. The molecule has 0 aromatic heterocycles. The van der Waals surface area contributed by atoms with E-state index in [9.17, 15) is 9.18 Å². The first-order valence-corrected chi connectivity index (χ1v) is 8.97. The molecular formula is C20H25FN4O. The Bertz CT molecular complexity index is 742. The van der Waals surface area contributed by atoms with Gasteiger partial charge in [-0.15, -0.1) is 0 Å². The topological polar surface area (TPSA) is 56.4 Å². The third kappa shape index (κ3) is 4.95. The van der Waals surface area contributed by atoms with Crippen LogP contribution in [0.5, 0.6) is 0 Å². The minimum Gasteiger partial charge on any atom is -0.383 e. The van der Waals surface area contributed by atoms with E-state index in [0.717, 1.165) is 43.1 Å². The van der Waals surface area contributed by atoms with Crippen LogP contribution in [0.15, 0.2) is 42.5 Å². The summed E-state index contributed by atoms with van der Waals surface area (Å²) in [6, 6.07) is 12.2. The highest BCUT2D eigenvalue weighted by molar-refractivity contribution is 5.95. The van der Waals surface area contributed by atoms with Crippen molar-refractivity contribution < 1.29 is 9.18 Å². The number of carbonyl (C=O) groups excluding carboxylic acids is 1. The van der Waals surface area contributed by atoms with Crippen molar-refractivity contribution in [2.24, 2.45) is 0 Å². The van der Waals surface area contributed by atoms with Gasteiger partial charge in [0.05, 0.1) is 0 Å². The molecule has 0 spiro atoms. The van der Waals surface area contributed by atoms with Crippen molar-refractivity contribution >= 4 is 17.3 Å². The van der Waals surface area contributed by atoms with E-state index in [1.807, 2.05) is 19.1 Å². The maximum absolute atomic E-state index is 12.9. The summed E-state index contributed by atoms with van der Waals surface area (Å²) in [5, 5.41) is 9.43. The maximum atomic E-state index is 12.9. The summed E-state index contributed by atoms with van der Waals surface area (Å²) in [4.78, 5) is 14.8. The van der Waals surface area contributed by atoms with Gasteiger partial charge in [0.15, 0.2) is 0 Å². The summed E-state index contributed by atoms with van der Waals surface area (Å²) in [6.07, 6.45) is 0. The summed E-state index contributed by atoms with van der Waals surface area (Å²) >= 11 is 0. The van der Waals surface area contributed by atoms with Gasteiger partial charge in [-0.25, -0.2) is 4.39 Å². The van der Waals surface area contributed by atoms with E-state index >= 15 is 0 Å². The van der Waals surface area contributed by atoms with E-state index in [0.29, 0.717) is 18.7 Å². The number of benzene rings is 2. The van der Waals surface area contributed by atoms with Crippen LogP contribution in [0.3, 0.4) is 0 Å². The van der Waals surface area contributed by atoms with Crippen LogP contribution < -0.4 is 20.9 Å². The van der Waals surface area contributed by atoms with Crippen LogP contribution in [-0.4, -0.2) is 45.2 Å². The zero-order valence-electron chi connectivity index (χ0n) is 15.0. The number of hydrogen-bond donors (Lipinski definition) is 3. The molecule has 0 radical (unpaired) electrons. The smallest absolute Gasteiger partial charge is 0.251 e. The number of hydrogen-bond acceptors (Lipinski definition) is 4. The Morgan fingerprint density at radius 1 is 1.12 bits per heavy atom. The lowest BCUT2D eigenvalue weighted by Gasteiger charge is -2.30. The lowest BCUT2D eigenvalue weighted by molar-refractivity contribution is 0.0955. The number of nitrogens with one attached hydrogen (secondary N) is 3. The Morgan fingerprint density at radius 3 is 2.58 bits per heavy atom.